The zero-order chi connectivity index (χ0) is 20.3. The smallest absolute Gasteiger partial charge is 0.257 e. The molecule has 30 heavy (non-hydrogen) atoms. The summed E-state index contributed by atoms with van der Waals surface area (Å²) in [4.78, 5) is 21.9. The zero-order valence-corrected chi connectivity index (χ0v) is 15.9. The highest BCUT2D eigenvalue weighted by molar-refractivity contribution is 6.12. The molecule has 2 aromatic carbocycles. The van der Waals surface area contributed by atoms with Crippen molar-refractivity contribution in [2.75, 3.05) is 5.32 Å². The average Bonchev–Trinajstić information content (AvgIpc) is 3.28. The van der Waals surface area contributed by atoms with E-state index < -0.39 is 0 Å². The molecule has 0 aliphatic carbocycles. The van der Waals surface area contributed by atoms with Gasteiger partial charge in [0.05, 0.1) is 22.5 Å². The standard InChI is InChI=1S/C24H17N5O/c30-24(27-23-12-15-29(28-23)18-10-13-25-14-11-18)20-16-22(17-6-2-1-3-7-17)26-21-9-5-4-8-19(20)21/h1-16H,(H,27,28,30). The Balaban J connectivity index is 1.51. The van der Waals surface area contributed by atoms with Crippen molar-refractivity contribution in [3.8, 4) is 16.9 Å². The van der Waals surface area contributed by atoms with E-state index in [0.717, 1.165) is 27.8 Å². The minimum Gasteiger partial charge on any atom is -0.305 e. The minimum atomic E-state index is -0.231. The number of pyridine rings is 2. The monoisotopic (exact) mass is 391 g/mol. The maximum Gasteiger partial charge on any atom is 0.257 e. The fourth-order valence-electron chi connectivity index (χ4n) is 3.33. The molecule has 0 fully saturated rings. The summed E-state index contributed by atoms with van der Waals surface area (Å²) in [6, 6.07) is 24.8. The van der Waals surface area contributed by atoms with E-state index in [0.29, 0.717) is 11.4 Å². The second-order valence-electron chi connectivity index (χ2n) is 6.74. The van der Waals surface area contributed by atoms with Crippen LogP contribution in [0.1, 0.15) is 10.4 Å². The molecule has 0 atom stereocenters. The van der Waals surface area contributed by atoms with Crippen molar-refractivity contribution in [2.24, 2.45) is 0 Å². The summed E-state index contributed by atoms with van der Waals surface area (Å²) in [7, 11) is 0. The Labute approximate surface area is 172 Å². The van der Waals surface area contributed by atoms with Crippen LogP contribution in [0.4, 0.5) is 5.82 Å². The van der Waals surface area contributed by atoms with Gasteiger partial charge in [-0.1, -0.05) is 48.5 Å². The highest BCUT2D eigenvalue weighted by Gasteiger charge is 2.15. The summed E-state index contributed by atoms with van der Waals surface area (Å²) in [6.07, 6.45) is 5.19. The molecule has 1 amide bonds. The van der Waals surface area contributed by atoms with Crippen LogP contribution in [0.2, 0.25) is 0 Å². The van der Waals surface area contributed by atoms with Crippen LogP contribution in [0.3, 0.4) is 0 Å². The van der Waals surface area contributed by atoms with Gasteiger partial charge in [0.25, 0.3) is 5.91 Å². The fourth-order valence-corrected chi connectivity index (χ4v) is 3.33. The summed E-state index contributed by atoms with van der Waals surface area (Å²) < 4.78 is 1.69. The van der Waals surface area contributed by atoms with Gasteiger partial charge in [-0.3, -0.25) is 9.78 Å². The molecule has 3 aromatic heterocycles. The Bertz CT molecular complexity index is 1330. The molecule has 0 unspecified atom stereocenters. The van der Waals surface area contributed by atoms with Gasteiger partial charge in [0, 0.05) is 35.6 Å². The largest absolute Gasteiger partial charge is 0.305 e. The Hall–Kier alpha value is -4.32. The number of carbonyl (C=O) groups is 1. The number of para-hydroxylation sites is 1. The second kappa shape index (κ2) is 7.60. The Morgan fingerprint density at radius 1 is 0.867 bits per heavy atom. The SMILES string of the molecule is O=C(Nc1ccn(-c2ccncc2)n1)c1cc(-c2ccccc2)nc2ccccc12. The van der Waals surface area contributed by atoms with Gasteiger partial charge >= 0.3 is 0 Å². The number of amides is 1. The van der Waals surface area contributed by atoms with Crippen LogP contribution in [0, 0.1) is 0 Å². The van der Waals surface area contributed by atoms with Crippen molar-refractivity contribution in [3.05, 3.63) is 103 Å². The first-order valence-corrected chi connectivity index (χ1v) is 9.50. The molecule has 0 bridgehead atoms. The lowest BCUT2D eigenvalue weighted by Crippen LogP contribution is -2.14. The Morgan fingerprint density at radius 3 is 2.47 bits per heavy atom. The van der Waals surface area contributed by atoms with Crippen molar-refractivity contribution in [1.82, 2.24) is 19.7 Å². The van der Waals surface area contributed by atoms with Gasteiger partial charge in [-0.05, 0) is 24.3 Å². The molecular weight excluding hydrogens is 374 g/mol. The topological polar surface area (TPSA) is 72.7 Å². The third-order valence-corrected chi connectivity index (χ3v) is 4.79. The van der Waals surface area contributed by atoms with Gasteiger partial charge in [0.15, 0.2) is 5.82 Å². The van der Waals surface area contributed by atoms with Crippen LogP contribution in [0.25, 0.3) is 27.8 Å². The summed E-state index contributed by atoms with van der Waals surface area (Å²) >= 11 is 0. The van der Waals surface area contributed by atoms with E-state index in [-0.39, 0.29) is 5.91 Å². The van der Waals surface area contributed by atoms with Crippen LogP contribution in [0.5, 0.6) is 0 Å². The number of benzene rings is 2. The predicted molar refractivity (Wildman–Crippen MR) is 116 cm³/mol. The first kappa shape index (κ1) is 17.8. The molecule has 3 heterocycles. The molecule has 0 radical (unpaired) electrons. The van der Waals surface area contributed by atoms with E-state index in [1.165, 1.54) is 0 Å². The van der Waals surface area contributed by atoms with Gasteiger partial charge < -0.3 is 5.32 Å². The van der Waals surface area contributed by atoms with Gasteiger partial charge in [0.2, 0.25) is 0 Å². The van der Waals surface area contributed by atoms with Gasteiger partial charge in [0.1, 0.15) is 0 Å². The molecule has 0 saturated heterocycles. The van der Waals surface area contributed by atoms with E-state index in [2.05, 4.69) is 15.4 Å². The maximum absolute atomic E-state index is 13.2. The third-order valence-electron chi connectivity index (χ3n) is 4.79. The highest BCUT2D eigenvalue weighted by atomic mass is 16.1. The van der Waals surface area contributed by atoms with Crippen molar-refractivity contribution >= 4 is 22.6 Å². The van der Waals surface area contributed by atoms with Crippen molar-refractivity contribution in [2.45, 2.75) is 0 Å². The van der Waals surface area contributed by atoms with Crippen LogP contribution >= 0.6 is 0 Å². The molecule has 0 aliphatic heterocycles. The molecule has 5 rings (SSSR count). The first-order chi connectivity index (χ1) is 14.8. The lowest BCUT2D eigenvalue weighted by atomic mass is 10.0. The molecule has 144 valence electrons. The van der Waals surface area contributed by atoms with Gasteiger partial charge in [-0.25, -0.2) is 9.67 Å². The molecule has 5 aromatic rings. The highest BCUT2D eigenvalue weighted by Crippen LogP contribution is 2.25. The van der Waals surface area contributed by atoms with Crippen LogP contribution in [0.15, 0.2) is 97.5 Å². The maximum atomic E-state index is 13.2. The number of aromatic nitrogens is 4. The zero-order valence-electron chi connectivity index (χ0n) is 15.9. The van der Waals surface area contributed by atoms with Crippen LogP contribution in [-0.4, -0.2) is 25.7 Å². The number of nitrogens with one attached hydrogen (secondary N) is 1. The van der Waals surface area contributed by atoms with E-state index >= 15 is 0 Å². The normalized spacial score (nSPS) is 10.8. The fraction of sp³-hybridized carbons (Fsp3) is 0. The first-order valence-electron chi connectivity index (χ1n) is 9.50. The van der Waals surface area contributed by atoms with E-state index in [4.69, 9.17) is 4.98 Å². The number of carbonyl (C=O) groups excluding carboxylic acids is 1. The van der Waals surface area contributed by atoms with E-state index in [1.807, 2.05) is 72.8 Å². The van der Waals surface area contributed by atoms with Crippen molar-refractivity contribution in [3.63, 3.8) is 0 Å². The number of nitrogens with zero attached hydrogens (tertiary/aromatic N) is 4. The molecule has 1 N–H and O–H groups in total. The third kappa shape index (κ3) is 3.42. The summed E-state index contributed by atoms with van der Waals surface area (Å²) in [5, 5.41) is 8.15. The van der Waals surface area contributed by atoms with Gasteiger partial charge in [-0.2, -0.15) is 5.10 Å². The summed E-state index contributed by atoms with van der Waals surface area (Å²) in [5.41, 5.74) is 3.90. The average molecular weight is 391 g/mol. The van der Waals surface area contributed by atoms with Crippen LogP contribution < -0.4 is 5.32 Å². The number of rotatable bonds is 4. The summed E-state index contributed by atoms with van der Waals surface area (Å²) in [5.74, 6) is 0.240. The molecule has 6 nitrogen and oxygen atoms in total. The lowest BCUT2D eigenvalue weighted by Gasteiger charge is -2.10. The molecular formula is C24H17N5O. The number of hydrogen-bond donors (Lipinski definition) is 1. The predicted octanol–water partition coefficient (Wildman–Crippen LogP) is 4.73. The molecule has 0 aliphatic rings. The van der Waals surface area contributed by atoms with Gasteiger partial charge in [-0.15, -0.1) is 0 Å². The van der Waals surface area contributed by atoms with Crippen molar-refractivity contribution in [1.29, 1.82) is 0 Å². The number of anilines is 1. The molecule has 6 heteroatoms. The second-order valence-corrected chi connectivity index (χ2v) is 6.74. The van der Waals surface area contributed by atoms with Crippen LogP contribution in [-0.2, 0) is 0 Å². The summed E-state index contributed by atoms with van der Waals surface area (Å²) in [6.45, 7) is 0. The van der Waals surface area contributed by atoms with Crippen molar-refractivity contribution < 1.29 is 4.79 Å². The number of hydrogen-bond acceptors (Lipinski definition) is 4. The van der Waals surface area contributed by atoms with E-state index in [9.17, 15) is 4.79 Å². The minimum absolute atomic E-state index is 0.231. The van der Waals surface area contributed by atoms with E-state index in [1.54, 1.807) is 29.3 Å². The molecule has 0 saturated carbocycles. The quantitative estimate of drug-likeness (QED) is 0.480. The number of fused-ring (bicyclic) bond motifs is 1. The molecule has 0 spiro atoms. The Morgan fingerprint density at radius 2 is 1.63 bits per heavy atom. The Kier molecular flexibility index (Phi) is 4.50. The lowest BCUT2D eigenvalue weighted by molar-refractivity contribution is 0.102.